The van der Waals surface area contributed by atoms with Crippen molar-refractivity contribution in [1.29, 1.82) is 0 Å². The monoisotopic (exact) mass is 394 g/mol. The SMILES string of the molecule is O=S([O-])Cc1ccc(-c2ncccc2-c2ccc(Cl)c(Cl)c2)cc1F. The number of hydrogen-bond donors (Lipinski definition) is 0. The van der Waals surface area contributed by atoms with Crippen molar-refractivity contribution in [3.63, 3.8) is 0 Å². The van der Waals surface area contributed by atoms with E-state index in [4.69, 9.17) is 23.2 Å². The van der Waals surface area contributed by atoms with Crippen LogP contribution in [0.25, 0.3) is 22.4 Å². The van der Waals surface area contributed by atoms with Crippen molar-refractivity contribution >= 4 is 34.3 Å². The van der Waals surface area contributed by atoms with Gasteiger partial charge >= 0.3 is 0 Å². The summed E-state index contributed by atoms with van der Waals surface area (Å²) < 4.78 is 35.8. The van der Waals surface area contributed by atoms with Gasteiger partial charge in [0.1, 0.15) is 5.82 Å². The lowest BCUT2D eigenvalue weighted by molar-refractivity contribution is 0.533. The molecule has 1 unspecified atom stereocenters. The van der Waals surface area contributed by atoms with Crippen LogP contribution in [0, 0.1) is 5.82 Å². The minimum Gasteiger partial charge on any atom is -0.772 e. The van der Waals surface area contributed by atoms with E-state index in [1.807, 2.05) is 6.07 Å². The van der Waals surface area contributed by atoms with Gasteiger partial charge in [-0.1, -0.05) is 58.5 Å². The van der Waals surface area contributed by atoms with Crippen LogP contribution < -0.4 is 0 Å². The van der Waals surface area contributed by atoms with E-state index in [1.165, 1.54) is 12.1 Å². The zero-order valence-corrected chi connectivity index (χ0v) is 15.0. The van der Waals surface area contributed by atoms with Crippen LogP contribution in [0.15, 0.2) is 54.7 Å². The van der Waals surface area contributed by atoms with E-state index in [0.29, 0.717) is 21.3 Å². The highest BCUT2D eigenvalue weighted by atomic mass is 35.5. The first-order valence-electron chi connectivity index (χ1n) is 7.21. The molecule has 3 rings (SSSR count). The number of hydrogen-bond acceptors (Lipinski definition) is 3. The second-order valence-corrected chi connectivity index (χ2v) is 6.99. The van der Waals surface area contributed by atoms with Gasteiger partial charge < -0.3 is 4.55 Å². The van der Waals surface area contributed by atoms with Crippen LogP contribution in [0.3, 0.4) is 0 Å². The first-order chi connectivity index (χ1) is 12.0. The number of aromatic nitrogens is 1. The third-order valence-corrected chi connectivity index (χ3v) is 4.92. The van der Waals surface area contributed by atoms with Crippen LogP contribution in [-0.2, 0) is 16.8 Å². The fourth-order valence-electron chi connectivity index (χ4n) is 2.47. The summed E-state index contributed by atoms with van der Waals surface area (Å²) in [6, 6.07) is 13.2. The van der Waals surface area contributed by atoms with Crippen LogP contribution in [-0.4, -0.2) is 13.7 Å². The minimum absolute atomic E-state index is 0.115. The summed E-state index contributed by atoms with van der Waals surface area (Å²) >= 11 is 9.69. The topological polar surface area (TPSA) is 53.0 Å². The predicted molar refractivity (Wildman–Crippen MR) is 97.7 cm³/mol. The van der Waals surface area contributed by atoms with Gasteiger partial charge in [-0.3, -0.25) is 9.19 Å². The molecule has 2 aromatic carbocycles. The Balaban J connectivity index is 2.08. The molecule has 0 aliphatic carbocycles. The van der Waals surface area contributed by atoms with Crippen molar-refractivity contribution in [2.24, 2.45) is 0 Å². The third kappa shape index (κ3) is 4.07. The molecular formula is C18H11Cl2FNO2S-. The number of nitrogens with zero attached hydrogens (tertiary/aromatic N) is 1. The lowest BCUT2D eigenvalue weighted by atomic mass is 9.98. The van der Waals surface area contributed by atoms with Crippen molar-refractivity contribution in [2.45, 2.75) is 5.75 Å². The Morgan fingerprint density at radius 3 is 2.48 bits per heavy atom. The molecule has 0 aliphatic rings. The molecule has 0 amide bonds. The van der Waals surface area contributed by atoms with Gasteiger partial charge in [-0.15, -0.1) is 0 Å². The zero-order chi connectivity index (χ0) is 18.0. The molecule has 1 heterocycles. The van der Waals surface area contributed by atoms with Crippen molar-refractivity contribution in [1.82, 2.24) is 4.98 Å². The van der Waals surface area contributed by atoms with Gasteiger partial charge in [0, 0.05) is 23.1 Å². The van der Waals surface area contributed by atoms with Crippen LogP contribution in [0.5, 0.6) is 0 Å². The molecule has 0 fully saturated rings. The Morgan fingerprint density at radius 1 is 1.04 bits per heavy atom. The molecular weight excluding hydrogens is 384 g/mol. The maximum absolute atomic E-state index is 14.2. The first-order valence-corrected chi connectivity index (χ1v) is 9.21. The molecule has 0 radical (unpaired) electrons. The molecule has 3 aromatic rings. The van der Waals surface area contributed by atoms with Crippen molar-refractivity contribution in [2.75, 3.05) is 0 Å². The van der Waals surface area contributed by atoms with Gasteiger partial charge in [0.05, 0.1) is 15.7 Å². The van der Waals surface area contributed by atoms with E-state index in [9.17, 15) is 13.2 Å². The van der Waals surface area contributed by atoms with Gasteiger partial charge in [0.2, 0.25) is 0 Å². The predicted octanol–water partition coefficient (Wildman–Crippen LogP) is 5.24. The first kappa shape index (κ1) is 18.0. The number of rotatable bonds is 4. The average molecular weight is 395 g/mol. The molecule has 1 atom stereocenters. The second kappa shape index (κ2) is 7.62. The largest absolute Gasteiger partial charge is 0.772 e. The van der Waals surface area contributed by atoms with Crippen LogP contribution in [0.4, 0.5) is 4.39 Å². The second-order valence-electron chi connectivity index (χ2n) is 5.28. The smallest absolute Gasteiger partial charge is 0.127 e. The molecule has 0 N–H and O–H groups in total. The normalized spacial score (nSPS) is 12.2. The van der Waals surface area contributed by atoms with E-state index in [-0.39, 0.29) is 11.3 Å². The number of benzene rings is 2. The van der Waals surface area contributed by atoms with Crippen molar-refractivity contribution in [3.8, 4) is 22.4 Å². The zero-order valence-electron chi connectivity index (χ0n) is 12.7. The molecule has 128 valence electrons. The summed E-state index contributed by atoms with van der Waals surface area (Å²) in [4.78, 5) is 4.34. The van der Waals surface area contributed by atoms with Gasteiger partial charge in [0.15, 0.2) is 0 Å². The molecule has 25 heavy (non-hydrogen) atoms. The van der Waals surface area contributed by atoms with Gasteiger partial charge in [-0.05, 0) is 35.4 Å². The minimum atomic E-state index is -2.35. The van der Waals surface area contributed by atoms with E-state index in [0.717, 1.165) is 11.1 Å². The molecule has 0 aliphatic heterocycles. The van der Waals surface area contributed by atoms with E-state index in [2.05, 4.69) is 4.98 Å². The number of halogens is 3. The average Bonchev–Trinajstić information content (AvgIpc) is 2.59. The molecule has 1 aromatic heterocycles. The summed E-state index contributed by atoms with van der Waals surface area (Å²) in [7, 11) is 0. The molecule has 0 bridgehead atoms. The fourth-order valence-corrected chi connectivity index (χ4v) is 3.26. The molecule has 3 nitrogen and oxygen atoms in total. The lowest BCUT2D eigenvalue weighted by Crippen LogP contribution is -1.98. The lowest BCUT2D eigenvalue weighted by Gasteiger charge is -2.12. The highest BCUT2D eigenvalue weighted by Gasteiger charge is 2.12. The van der Waals surface area contributed by atoms with Crippen LogP contribution in [0.1, 0.15) is 5.56 Å². The van der Waals surface area contributed by atoms with E-state index >= 15 is 0 Å². The third-order valence-electron chi connectivity index (χ3n) is 3.64. The Kier molecular flexibility index (Phi) is 5.49. The van der Waals surface area contributed by atoms with Crippen LogP contribution in [0.2, 0.25) is 10.0 Å². The quantitative estimate of drug-likeness (QED) is 0.568. The summed E-state index contributed by atoms with van der Waals surface area (Å²) in [5.74, 6) is -0.957. The molecule has 0 spiro atoms. The van der Waals surface area contributed by atoms with Gasteiger partial charge in [-0.25, -0.2) is 4.39 Å². The Hall–Kier alpha value is -1.79. The van der Waals surface area contributed by atoms with E-state index in [1.54, 1.807) is 36.5 Å². The highest BCUT2D eigenvalue weighted by Crippen LogP contribution is 2.34. The van der Waals surface area contributed by atoms with Crippen molar-refractivity contribution in [3.05, 3.63) is 76.2 Å². The Labute approximate surface area is 156 Å². The summed E-state index contributed by atoms with van der Waals surface area (Å²) in [5.41, 5.74) is 2.78. The van der Waals surface area contributed by atoms with E-state index < -0.39 is 16.9 Å². The van der Waals surface area contributed by atoms with Gasteiger partial charge in [-0.2, -0.15) is 0 Å². The Morgan fingerprint density at radius 2 is 1.80 bits per heavy atom. The maximum Gasteiger partial charge on any atom is 0.127 e. The molecule has 0 saturated heterocycles. The summed E-state index contributed by atoms with van der Waals surface area (Å²) in [6.07, 6.45) is 1.61. The Bertz CT molecular complexity index is 966. The molecule has 0 saturated carbocycles. The summed E-state index contributed by atoms with van der Waals surface area (Å²) in [6.45, 7) is 0. The fraction of sp³-hybridized carbons (Fsp3) is 0.0556. The summed E-state index contributed by atoms with van der Waals surface area (Å²) in [5, 5.41) is 0.852. The number of pyridine rings is 1. The maximum atomic E-state index is 14.2. The van der Waals surface area contributed by atoms with Crippen LogP contribution >= 0.6 is 23.2 Å². The standard InChI is InChI=1S/C18H12Cl2FNO2S/c19-15-6-5-11(8-16(15)20)14-2-1-7-22-18(14)12-3-4-13(10-25(23)24)17(21)9-12/h1-9H,10H2,(H,23,24)/p-1. The highest BCUT2D eigenvalue weighted by molar-refractivity contribution is 7.78. The van der Waals surface area contributed by atoms with Crippen molar-refractivity contribution < 1.29 is 13.2 Å². The van der Waals surface area contributed by atoms with Gasteiger partial charge in [0.25, 0.3) is 0 Å². The molecule has 7 heteroatoms.